The maximum Gasteiger partial charge on any atom is 0.248 e. The molecule has 0 bridgehead atoms. The fraction of sp³-hybridized carbons (Fsp3) is 0.833. The summed E-state index contributed by atoms with van der Waals surface area (Å²) >= 11 is 0. The summed E-state index contributed by atoms with van der Waals surface area (Å²) < 4.78 is 5.22. The van der Waals surface area contributed by atoms with E-state index in [0.717, 1.165) is 19.3 Å². The zero-order valence-corrected chi connectivity index (χ0v) is 10.5. The Balaban J connectivity index is 2.21. The molecule has 0 saturated carbocycles. The lowest BCUT2D eigenvalue weighted by atomic mass is 9.93. The van der Waals surface area contributed by atoms with Crippen LogP contribution in [0.5, 0.6) is 0 Å². The van der Waals surface area contributed by atoms with Gasteiger partial charge in [-0.2, -0.15) is 0 Å². The number of amides is 2. The van der Waals surface area contributed by atoms with E-state index < -0.39 is 0 Å². The number of nitrogens with zero attached hydrogens (tertiary/aromatic N) is 1. The second-order valence-electron chi connectivity index (χ2n) is 4.55. The minimum atomic E-state index is -0.249. The first kappa shape index (κ1) is 14.0. The molecule has 5 nitrogen and oxygen atoms in total. The molecule has 2 N–H and O–H groups in total. The van der Waals surface area contributed by atoms with Crippen molar-refractivity contribution < 1.29 is 14.3 Å². The molecule has 0 radical (unpaired) electrons. The van der Waals surface area contributed by atoms with Crippen LogP contribution >= 0.6 is 0 Å². The van der Waals surface area contributed by atoms with Crippen LogP contribution in [0.15, 0.2) is 0 Å². The highest BCUT2D eigenvalue weighted by atomic mass is 16.5. The van der Waals surface area contributed by atoms with Gasteiger partial charge in [0.25, 0.3) is 0 Å². The van der Waals surface area contributed by atoms with Gasteiger partial charge in [-0.3, -0.25) is 9.59 Å². The van der Waals surface area contributed by atoms with Gasteiger partial charge in [0, 0.05) is 26.1 Å². The Bertz CT molecular complexity index is 260. The molecule has 98 valence electrons. The van der Waals surface area contributed by atoms with Crippen molar-refractivity contribution >= 4 is 11.8 Å². The summed E-state index contributed by atoms with van der Waals surface area (Å²) in [4.78, 5) is 24.3. The standard InChI is InChI=1S/C12H22N2O3/c1-2-7-17-9-12(16)14-5-3-10(4-6-14)8-11(13)15/h10H,2-9H2,1H3,(H2,13,15). The Labute approximate surface area is 102 Å². The lowest BCUT2D eigenvalue weighted by molar-refractivity contribution is -0.137. The van der Waals surface area contributed by atoms with Crippen LogP contribution in [0.25, 0.3) is 0 Å². The van der Waals surface area contributed by atoms with Crippen LogP contribution in [0.4, 0.5) is 0 Å². The van der Waals surface area contributed by atoms with Crippen LogP contribution in [0.1, 0.15) is 32.6 Å². The Kier molecular flexibility index (Phi) is 5.97. The van der Waals surface area contributed by atoms with Crippen LogP contribution in [0.3, 0.4) is 0 Å². The second kappa shape index (κ2) is 7.27. The van der Waals surface area contributed by atoms with Gasteiger partial charge in [0.05, 0.1) is 0 Å². The Morgan fingerprint density at radius 3 is 2.53 bits per heavy atom. The van der Waals surface area contributed by atoms with Crippen LogP contribution in [-0.2, 0) is 14.3 Å². The molecule has 1 aliphatic rings. The second-order valence-corrected chi connectivity index (χ2v) is 4.55. The highest BCUT2D eigenvalue weighted by molar-refractivity contribution is 5.77. The molecule has 0 aromatic heterocycles. The minimum absolute atomic E-state index is 0.0518. The van der Waals surface area contributed by atoms with Gasteiger partial charge < -0.3 is 15.4 Å². The smallest absolute Gasteiger partial charge is 0.248 e. The summed E-state index contributed by atoms with van der Waals surface area (Å²) in [6, 6.07) is 0. The molecule has 0 aromatic rings. The van der Waals surface area contributed by atoms with Crippen molar-refractivity contribution in [3.8, 4) is 0 Å². The molecule has 0 atom stereocenters. The topological polar surface area (TPSA) is 72.6 Å². The number of likely N-dealkylation sites (tertiary alicyclic amines) is 1. The first-order chi connectivity index (χ1) is 8.13. The molecule has 1 saturated heterocycles. The minimum Gasteiger partial charge on any atom is -0.372 e. The zero-order chi connectivity index (χ0) is 12.7. The van der Waals surface area contributed by atoms with Gasteiger partial charge >= 0.3 is 0 Å². The van der Waals surface area contributed by atoms with Crippen molar-refractivity contribution in [3.05, 3.63) is 0 Å². The number of nitrogens with two attached hydrogens (primary N) is 1. The molecule has 1 rings (SSSR count). The number of carbonyl (C=O) groups is 2. The molecule has 2 amide bonds. The zero-order valence-electron chi connectivity index (χ0n) is 10.5. The summed E-state index contributed by atoms with van der Waals surface area (Å²) in [5, 5.41) is 0. The van der Waals surface area contributed by atoms with E-state index in [-0.39, 0.29) is 18.4 Å². The first-order valence-corrected chi connectivity index (χ1v) is 6.27. The van der Waals surface area contributed by atoms with E-state index in [1.807, 2.05) is 11.8 Å². The van der Waals surface area contributed by atoms with E-state index in [2.05, 4.69) is 0 Å². The number of primary amides is 1. The average molecular weight is 242 g/mol. The maximum atomic E-state index is 11.7. The van der Waals surface area contributed by atoms with Crippen LogP contribution in [0, 0.1) is 5.92 Å². The fourth-order valence-corrected chi connectivity index (χ4v) is 2.07. The molecule has 0 unspecified atom stereocenters. The van der Waals surface area contributed by atoms with E-state index in [1.165, 1.54) is 0 Å². The van der Waals surface area contributed by atoms with Crippen molar-refractivity contribution in [3.63, 3.8) is 0 Å². The summed E-state index contributed by atoms with van der Waals surface area (Å²) in [5.41, 5.74) is 5.16. The number of ether oxygens (including phenoxy) is 1. The predicted molar refractivity (Wildman–Crippen MR) is 64.2 cm³/mol. The first-order valence-electron chi connectivity index (χ1n) is 6.27. The van der Waals surface area contributed by atoms with Gasteiger partial charge in [0.15, 0.2) is 0 Å². The Morgan fingerprint density at radius 2 is 2.00 bits per heavy atom. The van der Waals surface area contributed by atoms with Crippen molar-refractivity contribution in [2.24, 2.45) is 11.7 Å². The molecular weight excluding hydrogens is 220 g/mol. The quantitative estimate of drug-likeness (QED) is 0.690. The lowest BCUT2D eigenvalue weighted by Crippen LogP contribution is -2.41. The van der Waals surface area contributed by atoms with Gasteiger partial charge in [0.1, 0.15) is 6.61 Å². The molecule has 0 spiro atoms. The Hall–Kier alpha value is -1.10. The van der Waals surface area contributed by atoms with Gasteiger partial charge in [-0.25, -0.2) is 0 Å². The number of hydrogen-bond donors (Lipinski definition) is 1. The third kappa shape index (κ3) is 5.17. The van der Waals surface area contributed by atoms with E-state index in [4.69, 9.17) is 10.5 Å². The molecule has 1 fully saturated rings. The van der Waals surface area contributed by atoms with E-state index in [0.29, 0.717) is 32.0 Å². The average Bonchev–Trinajstić information content (AvgIpc) is 2.29. The van der Waals surface area contributed by atoms with Gasteiger partial charge in [0.2, 0.25) is 11.8 Å². The van der Waals surface area contributed by atoms with Crippen molar-refractivity contribution in [1.82, 2.24) is 4.90 Å². The van der Waals surface area contributed by atoms with Crippen molar-refractivity contribution in [1.29, 1.82) is 0 Å². The highest BCUT2D eigenvalue weighted by Crippen LogP contribution is 2.20. The van der Waals surface area contributed by atoms with Gasteiger partial charge in [-0.1, -0.05) is 6.92 Å². The predicted octanol–water partition coefficient (Wildman–Crippen LogP) is 0.527. The van der Waals surface area contributed by atoms with Crippen LogP contribution < -0.4 is 5.73 Å². The summed E-state index contributed by atoms with van der Waals surface area (Å²) in [6.45, 7) is 4.25. The summed E-state index contributed by atoms with van der Waals surface area (Å²) in [6.07, 6.45) is 3.09. The van der Waals surface area contributed by atoms with Crippen LogP contribution in [0.2, 0.25) is 0 Å². The van der Waals surface area contributed by atoms with Gasteiger partial charge in [-0.15, -0.1) is 0 Å². The molecule has 0 aliphatic carbocycles. The highest BCUT2D eigenvalue weighted by Gasteiger charge is 2.23. The molecule has 0 aromatic carbocycles. The number of carbonyl (C=O) groups excluding carboxylic acids is 2. The van der Waals surface area contributed by atoms with E-state index in [1.54, 1.807) is 0 Å². The number of hydrogen-bond acceptors (Lipinski definition) is 3. The number of piperidine rings is 1. The van der Waals surface area contributed by atoms with Crippen molar-refractivity contribution in [2.75, 3.05) is 26.3 Å². The van der Waals surface area contributed by atoms with Crippen LogP contribution in [-0.4, -0.2) is 43.0 Å². The molecule has 1 heterocycles. The monoisotopic (exact) mass is 242 g/mol. The third-order valence-corrected chi connectivity index (χ3v) is 3.03. The molecular formula is C12H22N2O3. The lowest BCUT2D eigenvalue weighted by Gasteiger charge is -2.31. The third-order valence-electron chi connectivity index (χ3n) is 3.03. The van der Waals surface area contributed by atoms with Gasteiger partial charge in [-0.05, 0) is 25.2 Å². The number of rotatable bonds is 6. The van der Waals surface area contributed by atoms with E-state index >= 15 is 0 Å². The largest absolute Gasteiger partial charge is 0.372 e. The molecule has 1 aliphatic heterocycles. The molecule has 5 heteroatoms. The molecule has 17 heavy (non-hydrogen) atoms. The SMILES string of the molecule is CCCOCC(=O)N1CCC(CC(N)=O)CC1. The Morgan fingerprint density at radius 1 is 1.35 bits per heavy atom. The maximum absolute atomic E-state index is 11.7. The van der Waals surface area contributed by atoms with Crippen molar-refractivity contribution in [2.45, 2.75) is 32.6 Å². The normalized spacial score (nSPS) is 17.1. The fourth-order valence-electron chi connectivity index (χ4n) is 2.07. The summed E-state index contributed by atoms with van der Waals surface area (Å²) in [7, 11) is 0. The summed E-state index contributed by atoms with van der Waals surface area (Å²) in [5.74, 6) is 0.144. The van der Waals surface area contributed by atoms with E-state index in [9.17, 15) is 9.59 Å².